The summed E-state index contributed by atoms with van der Waals surface area (Å²) in [6.07, 6.45) is 1.37. The Morgan fingerprint density at radius 2 is 1.90 bits per heavy atom. The minimum absolute atomic E-state index is 0.0387. The summed E-state index contributed by atoms with van der Waals surface area (Å²) >= 11 is 0. The molecule has 0 atom stereocenters. The molecule has 1 N–H and O–H groups in total. The van der Waals surface area contributed by atoms with Crippen molar-refractivity contribution in [1.82, 2.24) is 14.9 Å². The molecule has 1 amide bonds. The number of hydrogen-bond acceptors (Lipinski definition) is 5. The van der Waals surface area contributed by atoms with Gasteiger partial charge >= 0.3 is 0 Å². The minimum Gasteiger partial charge on any atom is -0.493 e. The summed E-state index contributed by atoms with van der Waals surface area (Å²) in [5.74, 6) is 2.14. The highest BCUT2D eigenvalue weighted by Crippen LogP contribution is 2.29. The van der Waals surface area contributed by atoms with Crippen LogP contribution in [0.4, 0.5) is 0 Å². The highest BCUT2D eigenvalue weighted by Gasteiger charge is 2.15. The van der Waals surface area contributed by atoms with Crippen LogP contribution >= 0.6 is 0 Å². The Hall–Kier alpha value is -3.06. The highest BCUT2D eigenvalue weighted by molar-refractivity contribution is 5.81. The molecule has 3 aromatic rings. The molecule has 3 rings (SSSR count). The molecule has 0 unspecified atom stereocenters. The molecule has 0 saturated carbocycles. The fourth-order valence-corrected chi connectivity index (χ4v) is 3.36. The molecule has 0 aliphatic rings. The number of methoxy groups -OCH3 is 2. The van der Waals surface area contributed by atoms with E-state index in [4.69, 9.17) is 19.2 Å². The van der Waals surface area contributed by atoms with Crippen LogP contribution < -0.4 is 14.8 Å². The monoisotopic (exact) mass is 411 g/mol. The van der Waals surface area contributed by atoms with Crippen molar-refractivity contribution in [3.63, 3.8) is 0 Å². The van der Waals surface area contributed by atoms with Crippen LogP contribution in [0.1, 0.15) is 24.7 Å². The summed E-state index contributed by atoms with van der Waals surface area (Å²) in [6, 6.07) is 13.7. The summed E-state index contributed by atoms with van der Waals surface area (Å²) in [5, 5.41) is 2.96. The third kappa shape index (κ3) is 5.30. The van der Waals surface area contributed by atoms with E-state index < -0.39 is 0 Å². The Morgan fingerprint density at radius 1 is 1.10 bits per heavy atom. The van der Waals surface area contributed by atoms with Gasteiger partial charge in [0.25, 0.3) is 0 Å². The van der Waals surface area contributed by atoms with Gasteiger partial charge in [0.1, 0.15) is 12.4 Å². The number of carbonyl (C=O) groups is 1. The predicted octanol–water partition coefficient (Wildman–Crippen LogP) is 3.19. The molecule has 0 spiro atoms. The average molecular weight is 412 g/mol. The molecule has 30 heavy (non-hydrogen) atoms. The lowest BCUT2D eigenvalue weighted by molar-refractivity contribution is -0.121. The summed E-state index contributed by atoms with van der Waals surface area (Å²) in [7, 11) is 3.23. The van der Waals surface area contributed by atoms with Crippen molar-refractivity contribution < 1.29 is 19.0 Å². The first-order valence-corrected chi connectivity index (χ1v) is 10.2. The van der Waals surface area contributed by atoms with E-state index in [1.807, 2.05) is 54.0 Å². The van der Waals surface area contributed by atoms with Crippen LogP contribution in [0.2, 0.25) is 0 Å². The lowest BCUT2D eigenvalue weighted by Gasteiger charge is -2.12. The quantitative estimate of drug-likeness (QED) is 0.491. The third-order valence-corrected chi connectivity index (χ3v) is 4.84. The van der Waals surface area contributed by atoms with Crippen molar-refractivity contribution >= 4 is 16.9 Å². The number of hydrogen-bond donors (Lipinski definition) is 1. The zero-order valence-corrected chi connectivity index (χ0v) is 17.8. The second-order valence-corrected chi connectivity index (χ2v) is 6.87. The molecular weight excluding hydrogens is 382 g/mol. The molecule has 0 fully saturated rings. The maximum absolute atomic E-state index is 12.5. The zero-order chi connectivity index (χ0) is 21.3. The Balaban J connectivity index is 1.79. The Bertz CT molecular complexity index is 984. The number of para-hydroxylation sites is 2. The van der Waals surface area contributed by atoms with Crippen molar-refractivity contribution in [2.45, 2.75) is 26.3 Å². The lowest BCUT2D eigenvalue weighted by Crippen LogP contribution is -2.29. The van der Waals surface area contributed by atoms with Crippen LogP contribution in [-0.4, -0.2) is 49.4 Å². The first-order chi connectivity index (χ1) is 14.7. The standard InChI is InChI=1S/C23H29N3O4/c1-4-30-13-7-12-24-23(27)16-26-19-9-6-5-8-18(19)25-22(26)15-17-10-11-20(28-2)21(14-17)29-3/h5-6,8-11,14H,4,7,12-13,15-16H2,1-3H3,(H,24,27). The zero-order valence-electron chi connectivity index (χ0n) is 17.8. The van der Waals surface area contributed by atoms with Gasteiger partial charge in [-0.05, 0) is 43.2 Å². The molecule has 160 valence electrons. The number of amides is 1. The van der Waals surface area contributed by atoms with Gasteiger partial charge in [0.15, 0.2) is 11.5 Å². The number of aromatic nitrogens is 2. The number of imidazole rings is 1. The SMILES string of the molecule is CCOCCCNC(=O)Cn1c(Cc2ccc(OC)c(OC)c2)nc2ccccc21. The van der Waals surface area contributed by atoms with Crippen molar-refractivity contribution in [3.05, 3.63) is 53.9 Å². The summed E-state index contributed by atoms with van der Waals surface area (Å²) in [6.45, 7) is 4.11. The molecule has 1 heterocycles. The van der Waals surface area contributed by atoms with E-state index in [9.17, 15) is 4.79 Å². The predicted molar refractivity (Wildman–Crippen MR) is 116 cm³/mol. The molecule has 2 aromatic carbocycles. The smallest absolute Gasteiger partial charge is 0.240 e. The fraction of sp³-hybridized carbons (Fsp3) is 0.391. The van der Waals surface area contributed by atoms with Crippen molar-refractivity contribution in [1.29, 1.82) is 0 Å². The van der Waals surface area contributed by atoms with Crippen molar-refractivity contribution in [2.75, 3.05) is 34.0 Å². The molecule has 0 radical (unpaired) electrons. The van der Waals surface area contributed by atoms with Crippen LogP contribution in [0.3, 0.4) is 0 Å². The fourth-order valence-electron chi connectivity index (χ4n) is 3.36. The second-order valence-electron chi connectivity index (χ2n) is 6.87. The highest BCUT2D eigenvalue weighted by atomic mass is 16.5. The van der Waals surface area contributed by atoms with Crippen LogP contribution in [-0.2, 0) is 22.5 Å². The number of carbonyl (C=O) groups excluding carboxylic acids is 1. The van der Waals surface area contributed by atoms with Crippen molar-refractivity contribution in [2.24, 2.45) is 0 Å². The van der Waals surface area contributed by atoms with E-state index in [1.54, 1.807) is 14.2 Å². The summed E-state index contributed by atoms with van der Waals surface area (Å²) < 4.78 is 18.0. The molecule has 0 aliphatic heterocycles. The minimum atomic E-state index is -0.0387. The van der Waals surface area contributed by atoms with Gasteiger partial charge in [-0.1, -0.05) is 18.2 Å². The van der Waals surface area contributed by atoms with Gasteiger partial charge in [0.2, 0.25) is 5.91 Å². The summed E-state index contributed by atoms with van der Waals surface area (Å²) in [4.78, 5) is 17.3. The van der Waals surface area contributed by atoms with E-state index in [1.165, 1.54) is 0 Å². The Labute approximate surface area is 177 Å². The Kier molecular flexibility index (Phi) is 7.68. The maximum atomic E-state index is 12.5. The molecule has 0 aliphatic carbocycles. The van der Waals surface area contributed by atoms with Crippen molar-refractivity contribution in [3.8, 4) is 11.5 Å². The molecule has 7 heteroatoms. The van der Waals surface area contributed by atoms with Gasteiger partial charge in [-0.3, -0.25) is 4.79 Å². The molecular formula is C23H29N3O4. The van der Waals surface area contributed by atoms with Gasteiger partial charge in [0.05, 0.1) is 25.3 Å². The van der Waals surface area contributed by atoms with E-state index in [-0.39, 0.29) is 12.5 Å². The van der Waals surface area contributed by atoms with E-state index in [2.05, 4.69) is 5.32 Å². The topological polar surface area (TPSA) is 74.6 Å². The Morgan fingerprint density at radius 3 is 2.67 bits per heavy atom. The van der Waals surface area contributed by atoms with Gasteiger partial charge in [-0.15, -0.1) is 0 Å². The largest absolute Gasteiger partial charge is 0.493 e. The first-order valence-electron chi connectivity index (χ1n) is 10.2. The maximum Gasteiger partial charge on any atom is 0.240 e. The van der Waals surface area contributed by atoms with Crippen LogP contribution in [0.25, 0.3) is 11.0 Å². The number of nitrogens with one attached hydrogen (secondary N) is 1. The summed E-state index contributed by atoms with van der Waals surface area (Å²) in [5.41, 5.74) is 2.84. The first kappa shape index (κ1) is 21.6. The normalized spacial score (nSPS) is 10.9. The number of benzene rings is 2. The molecule has 0 bridgehead atoms. The van der Waals surface area contributed by atoms with Gasteiger partial charge < -0.3 is 24.1 Å². The molecule has 1 aromatic heterocycles. The molecule has 7 nitrogen and oxygen atoms in total. The number of rotatable bonds is 11. The van der Waals surface area contributed by atoms with Crippen LogP contribution in [0.15, 0.2) is 42.5 Å². The molecule has 0 saturated heterocycles. The van der Waals surface area contributed by atoms with E-state index in [0.717, 1.165) is 28.8 Å². The van der Waals surface area contributed by atoms with Gasteiger partial charge in [-0.25, -0.2) is 4.98 Å². The second kappa shape index (κ2) is 10.6. The number of ether oxygens (including phenoxy) is 3. The lowest BCUT2D eigenvalue weighted by atomic mass is 10.1. The van der Waals surface area contributed by atoms with E-state index >= 15 is 0 Å². The average Bonchev–Trinajstić information content (AvgIpc) is 3.10. The van der Waals surface area contributed by atoms with Crippen LogP contribution in [0, 0.1) is 0 Å². The van der Waals surface area contributed by atoms with Crippen LogP contribution in [0.5, 0.6) is 11.5 Å². The van der Waals surface area contributed by atoms with E-state index in [0.29, 0.717) is 37.7 Å². The third-order valence-electron chi connectivity index (χ3n) is 4.84. The number of nitrogens with zero attached hydrogens (tertiary/aromatic N) is 2. The number of fused-ring (bicyclic) bond motifs is 1. The van der Waals surface area contributed by atoms with Gasteiger partial charge in [-0.2, -0.15) is 0 Å². The van der Waals surface area contributed by atoms with Gasteiger partial charge in [0, 0.05) is 26.2 Å².